The first-order valence-electron chi connectivity index (χ1n) is 23.3. The first kappa shape index (κ1) is 45.6. The van der Waals surface area contributed by atoms with Crippen molar-refractivity contribution in [1.29, 1.82) is 0 Å². The van der Waals surface area contributed by atoms with Crippen LogP contribution in [0.5, 0.6) is 0 Å². The van der Waals surface area contributed by atoms with Crippen molar-refractivity contribution in [1.82, 2.24) is 0 Å². The highest BCUT2D eigenvalue weighted by atomic mass is 32.2. The summed E-state index contributed by atoms with van der Waals surface area (Å²) < 4.78 is 87.1. The lowest BCUT2D eigenvalue weighted by atomic mass is 9.46. The molecule has 5 fully saturated rings. The third-order valence-corrected chi connectivity index (χ3v) is 17.2. The molecular weight excluding hydrogens is 772 g/mol. The van der Waals surface area contributed by atoms with Crippen LogP contribution in [0.15, 0.2) is 40.8 Å². The van der Waals surface area contributed by atoms with Crippen LogP contribution in [0.1, 0.15) is 143 Å². The molecule has 0 aromatic heterocycles. The van der Waals surface area contributed by atoms with Gasteiger partial charge in [-0.05, 0) is 172 Å². The Morgan fingerprint density at radius 1 is 0.915 bits per heavy atom. The Labute approximate surface area is 355 Å². The van der Waals surface area contributed by atoms with Crippen LogP contribution in [0.3, 0.4) is 0 Å². The highest BCUT2D eigenvalue weighted by molar-refractivity contribution is 7.86. The maximum absolute atomic E-state index is 16.2. The molecule has 0 bridgehead atoms. The van der Waals surface area contributed by atoms with Crippen LogP contribution in [0.25, 0.3) is 0 Å². The van der Waals surface area contributed by atoms with Crippen LogP contribution in [0.2, 0.25) is 0 Å². The Morgan fingerprint density at radius 3 is 2.27 bits per heavy atom. The van der Waals surface area contributed by atoms with Crippen molar-refractivity contribution in [2.75, 3.05) is 26.4 Å². The van der Waals surface area contributed by atoms with Crippen LogP contribution < -0.4 is 0 Å². The largest absolute Gasteiger partial charge is 0.353 e. The van der Waals surface area contributed by atoms with Gasteiger partial charge in [0.2, 0.25) is 0 Å². The molecule has 334 valence electrons. The van der Waals surface area contributed by atoms with E-state index in [-0.39, 0.29) is 65.4 Å². The maximum atomic E-state index is 16.2. The second kappa shape index (κ2) is 19.1. The quantitative estimate of drug-likeness (QED) is 0.0862. The minimum absolute atomic E-state index is 0.0146. The zero-order valence-electron chi connectivity index (χ0n) is 37.1. The van der Waals surface area contributed by atoms with Gasteiger partial charge in [0, 0.05) is 31.7 Å². The van der Waals surface area contributed by atoms with Crippen molar-refractivity contribution in [2.24, 2.45) is 40.4 Å². The fourth-order valence-electron chi connectivity index (χ4n) is 12.6. The van der Waals surface area contributed by atoms with Crippen LogP contribution in [0.4, 0.5) is 4.39 Å². The summed E-state index contributed by atoms with van der Waals surface area (Å²) in [6, 6.07) is 6.80. The molecule has 1 aromatic rings. The molecule has 0 radical (unpaired) electrons. The van der Waals surface area contributed by atoms with Crippen molar-refractivity contribution < 1.29 is 45.4 Å². The number of halogens is 1. The molecule has 2 saturated heterocycles. The van der Waals surface area contributed by atoms with Gasteiger partial charge in [-0.25, -0.2) is 4.39 Å². The van der Waals surface area contributed by atoms with Crippen molar-refractivity contribution >= 4 is 10.1 Å². The zero-order chi connectivity index (χ0) is 42.0. The predicted molar refractivity (Wildman–Crippen MR) is 226 cm³/mol. The summed E-state index contributed by atoms with van der Waals surface area (Å²) in [7, 11) is -4.00. The molecular formula is C48H75FO9S. The van der Waals surface area contributed by atoms with E-state index in [0.717, 1.165) is 102 Å². The standard InChI is InChI=1S/C48H75FO9S/c1-8-52-33(3)58-46(4,5)42(49)24-17-34(31-55-59(50,51)37-19-15-32(2)16-20-37)39-22-23-40-38-21-18-35-29-36(56-44-13-9-11-27-53-44)30-43(57-45-14-10-12-28-54-45)48(35,7)41(38)25-26-47(39,40)6/h15-16,18-20,33-34,36,38-45H,8-14,17,21-31H2,1-7H3/t33?,34-,36+,38-,39+,40-,41-,42+,43-,44?,45?,47+,48-/m0/s1. The first-order valence-corrected chi connectivity index (χ1v) is 24.7. The van der Waals surface area contributed by atoms with Crippen molar-refractivity contribution in [3.05, 3.63) is 41.5 Å². The average Bonchev–Trinajstić information content (AvgIpc) is 3.56. The Balaban J connectivity index is 1.12. The molecule has 13 atom stereocenters. The lowest BCUT2D eigenvalue weighted by Crippen LogP contribution is -2.57. The first-order chi connectivity index (χ1) is 28.1. The molecule has 59 heavy (non-hydrogen) atoms. The second-order valence-electron chi connectivity index (χ2n) is 19.9. The average molecular weight is 847 g/mol. The SMILES string of the molecule is CCOC(C)OC(C)(C)[C@H](F)CC[C@@H](COS(=O)(=O)c1ccc(C)cc1)[C@H]1CC[C@H]2[C@@H]3CC=C4C[C@@H](OC5CCCCO5)C[C@H](OC5CCCCO5)[C@]4(C)[C@H]3CC[C@]12C. The summed E-state index contributed by atoms with van der Waals surface area (Å²) in [5.74, 6) is 1.45. The topological polar surface area (TPSA) is 98.8 Å². The highest BCUT2D eigenvalue weighted by Gasteiger charge is 2.62. The number of hydrogen-bond donors (Lipinski definition) is 0. The molecule has 4 aliphatic carbocycles. The van der Waals surface area contributed by atoms with E-state index in [1.807, 2.05) is 13.8 Å². The van der Waals surface area contributed by atoms with Gasteiger partial charge in [-0.15, -0.1) is 0 Å². The van der Waals surface area contributed by atoms with Gasteiger partial charge in [-0.2, -0.15) is 8.42 Å². The zero-order valence-corrected chi connectivity index (χ0v) is 37.9. The number of rotatable bonds is 17. The van der Waals surface area contributed by atoms with E-state index in [9.17, 15) is 8.42 Å². The summed E-state index contributed by atoms with van der Waals surface area (Å²) in [4.78, 5) is 0.153. The van der Waals surface area contributed by atoms with Gasteiger partial charge in [-0.1, -0.05) is 43.2 Å². The maximum Gasteiger partial charge on any atom is 0.296 e. The van der Waals surface area contributed by atoms with Gasteiger partial charge in [-0.3, -0.25) is 4.18 Å². The molecule has 1 aromatic carbocycles. The molecule has 6 aliphatic rings. The van der Waals surface area contributed by atoms with Gasteiger partial charge in [0.05, 0.1) is 29.3 Å². The molecule has 0 amide bonds. The molecule has 2 heterocycles. The second-order valence-corrected chi connectivity index (χ2v) is 21.5. The Kier molecular flexibility index (Phi) is 14.8. The van der Waals surface area contributed by atoms with Gasteiger partial charge < -0.3 is 28.4 Å². The van der Waals surface area contributed by atoms with Crippen molar-refractivity contribution in [3.63, 3.8) is 0 Å². The fourth-order valence-corrected chi connectivity index (χ4v) is 13.6. The Morgan fingerprint density at radius 2 is 1.61 bits per heavy atom. The summed E-state index contributed by atoms with van der Waals surface area (Å²) >= 11 is 0. The Bertz CT molecular complexity index is 1660. The van der Waals surface area contributed by atoms with Gasteiger partial charge >= 0.3 is 0 Å². The van der Waals surface area contributed by atoms with Crippen LogP contribution in [-0.2, 0) is 42.7 Å². The normalized spacial score (nSPS) is 36.8. The lowest BCUT2D eigenvalue weighted by Gasteiger charge is -2.60. The molecule has 11 heteroatoms. The van der Waals surface area contributed by atoms with E-state index in [4.69, 9.17) is 32.6 Å². The lowest BCUT2D eigenvalue weighted by molar-refractivity contribution is -0.248. The molecule has 0 N–H and O–H groups in total. The number of aryl methyl sites for hydroxylation is 1. The predicted octanol–water partition coefficient (Wildman–Crippen LogP) is 10.6. The smallest absolute Gasteiger partial charge is 0.296 e. The summed E-state index contributed by atoms with van der Waals surface area (Å²) in [5, 5.41) is 0. The molecule has 3 saturated carbocycles. The van der Waals surface area contributed by atoms with Crippen LogP contribution in [-0.4, -0.2) is 77.7 Å². The van der Waals surface area contributed by atoms with Crippen molar-refractivity contribution in [3.8, 4) is 0 Å². The molecule has 2 aliphatic heterocycles. The number of benzene rings is 1. The Hall–Kier alpha value is -1.44. The molecule has 7 rings (SSSR count). The van der Waals surface area contributed by atoms with E-state index in [1.54, 1.807) is 45.0 Å². The number of alkyl halides is 1. The summed E-state index contributed by atoms with van der Waals surface area (Å²) in [5.41, 5.74) is 1.23. The van der Waals surface area contributed by atoms with Gasteiger partial charge in [0.25, 0.3) is 10.1 Å². The highest BCUT2D eigenvalue weighted by Crippen LogP contribution is 2.68. The van der Waals surface area contributed by atoms with Crippen LogP contribution in [0, 0.1) is 47.3 Å². The monoisotopic (exact) mass is 847 g/mol. The van der Waals surface area contributed by atoms with Gasteiger partial charge in [0.1, 0.15) is 6.17 Å². The number of ether oxygens (including phenoxy) is 6. The van der Waals surface area contributed by atoms with E-state index < -0.39 is 28.2 Å². The summed E-state index contributed by atoms with van der Waals surface area (Å²) in [6.45, 7) is 16.2. The van der Waals surface area contributed by atoms with Gasteiger partial charge in [0.15, 0.2) is 18.9 Å². The minimum Gasteiger partial charge on any atom is -0.353 e. The number of fused-ring (bicyclic) bond motifs is 5. The molecule has 9 nitrogen and oxygen atoms in total. The third-order valence-electron chi connectivity index (χ3n) is 15.9. The summed E-state index contributed by atoms with van der Waals surface area (Å²) in [6.07, 6.45) is 14.5. The third kappa shape index (κ3) is 10.0. The number of allylic oxidation sites excluding steroid dienone is 1. The molecule has 3 unspecified atom stereocenters. The molecule has 0 spiro atoms. The fraction of sp³-hybridized carbons (Fsp3) is 0.833. The number of hydrogen-bond acceptors (Lipinski definition) is 9. The van der Waals surface area contributed by atoms with Crippen molar-refractivity contribution in [2.45, 2.75) is 193 Å². The van der Waals surface area contributed by atoms with Crippen LogP contribution >= 0.6 is 0 Å². The van der Waals surface area contributed by atoms with E-state index in [0.29, 0.717) is 30.8 Å². The van der Waals surface area contributed by atoms with E-state index in [2.05, 4.69) is 19.9 Å². The minimum atomic E-state index is -4.00. The van der Waals surface area contributed by atoms with E-state index >= 15 is 4.39 Å². The van der Waals surface area contributed by atoms with E-state index in [1.165, 1.54) is 5.57 Å².